The largest absolute Gasteiger partial charge is 0.495 e. The van der Waals surface area contributed by atoms with Crippen molar-refractivity contribution in [2.45, 2.75) is 24.7 Å². The SMILES string of the molecule is COc1ccc(Cl)cc1S(=O)(=O)NCC1(C)CCNCC1. The van der Waals surface area contributed by atoms with Crippen molar-refractivity contribution in [2.24, 2.45) is 5.41 Å². The highest BCUT2D eigenvalue weighted by Crippen LogP contribution is 2.30. The molecule has 1 aromatic carbocycles. The third kappa shape index (κ3) is 4.10. The maximum absolute atomic E-state index is 12.5. The summed E-state index contributed by atoms with van der Waals surface area (Å²) >= 11 is 5.90. The first-order valence-corrected chi connectivity index (χ1v) is 8.76. The molecule has 1 aliphatic rings. The van der Waals surface area contributed by atoms with E-state index in [0.717, 1.165) is 25.9 Å². The van der Waals surface area contributed by atoms with E-state index >= 15 is 0 Å². The van der Waals surface area contributed by atoms with E-state index < -0.39 is 10.0 Å². The summed E-state index contributed by atoms with van der Waals surface area (Å²) in [4.78, 5) is 0.0787. The molecule has 0 atom stereocenters. The van der Waals surface area contributed by atoms with E-state index in [1.165, 1.54) is 13.2 Å². The lowest BCUT2D eigenvalue weighted by Gasteiger charge is -2.34. The second kappa shape index (κ2) is 6.52. The average Bonchev–Trinajstić information content (AvgIpc) is 2.46. The molecule has 21 heavy (non-hydrogen) atoms. The smallest absolute Gasteiger partial charge is 0.244 e. The Labute approximate surface area is 131 Å². The number of hydrogen-bond acceptors (Lipinski definition) is 4. The number of rotatable bonds is 5. The fraction of sp³-hybridized carbons (Fsp3) is 0.571. The van der Waals surface area contributed by atoms with Crippen LogP contribution in [0.25, 0.3) is 0 Å². The summed E-state index contributed by atoms with van der Waals surface area (Å²) in [5.41, 5.74) is -0.0237. The highest BCUT2D eigenvalue weighted by Gasteiger charge is 2.29. The van der Waals surface area contributed by atoms with Crippen molar-refractivity contribution in [1.29, 1.82) is 0 Å². The van der Waals surface area contributed by atoms with Crippen molar-refractivity contribution in [3.8, 4) is 5.75 Å². The average molecular weight is 333 g/mol. The van der Waals surface area contributed by atoms with Crippen molar-refractivity contribution in [2.75, 3.05) is 26.7 Å². The van der Waals surface area contributed by atoms with Gasteiger partial charge in [0.2, 0.25) is 10.0 Å². The molecular formula is C14H21ClN2O3S. The summed E-state index contributed by atoms with van der Waals surface area (Å²) in [6.45, 7) is 4.34. The maximum atomic E-state index is 12.5. The van der Waals surface area contributed by atoms with Crippen LogP contribution in [0.1, 0.15) is 19.8 Å². The fourth-order valence-electron chi connectivity index (χ4n) is 2.41. The predicted molar refractivity (Wildman–Crippen MR) is 83.4 cm³/mol. The quantitative estimate of drug-likeness (QED) is 0.865. The molecule has 0 aromatic heterocycles. The van der Waals surface area contributed by atoms with Gasteiger partial charge in [-0.15, -0.1) is 0 Å². The van der Waals surface area contributed by atoms with Gasteiger partial charge in [-0.05, 0) is 49.5 Å². The lowest BCUT2D eigenvalue weighted by molar-refractivity contribution is 0.232. The van der Waals surface area contributed by atoms with Crippen LogP contribution in [-0.4, -0.2) is 35.2 Å². The van der Waals surface area contributed by atoms with Gasteiger partial charge < -0.3 is 10.1 Å². The monoisotopic (exact) mass is 332 g/mol. The number of piperidine rings is 1. The zero-order valence-corrected chi connectivity index (χ0v) is 13.9. The van der Waals surface area contributed by atoms with E-state index in [-0.39, 0.29) is 10.3 Å². The van der Waals surface area contributed by atoms with Gasteiger partial charge in [-0.25, -0.2) is 13.1 Å². The van der Waals surface area contributed by atoms with Crippen molar-refractivity contribution < 1.29 is 13.2 Å². The third-order valence-corrected chi connectivity index (χ3v) is 5.57. The third-order valence-electron chi connectivity index (χ3n) is 3.91. The number of sulfonamides is 1. The van der Waals surface area contributed by atoms with Crippen LogP contribution in [-0.2, 0) is 10.0 Å². The summed E-state index contributed by atoms with van der Waals surface area (Å²) in [5, 5.41) is 3.64. The van der Waals surface area contributed by atoms with E-state index in [9.17, 15) is 8.42 Å². The minimum atomic E-state index is -3.64. The number of nitrogens with one attached hydrogen (secondary N) is 2. The molecule has 5 nitrogen and oxygen atoms in total. The highest BCUT2D eigenvalue weighted by atomic mass is 35.5. The van der Waals surface area contributed by atoms with E-state index in [1.54, 1.807) is 12.1 Å². The molecular weight excluding hydrogens is 312 g/mol. The van der Waals surface area contributed by atoms with E-state index in [0.29, 0.717) is 17.3 Å². The molecule has 0 spiro atoms. The Morgan fingerprint density at radius 3 is 2.67 bits per heavy atom. The van der Waals surface area contributed by atoms with Crippen LogP contribution in [0.15, 0.2) is 23.1 Å². The van der Waals surface area contributed by atoms with Gasteiger partial charge in [0.25, 0.3) is 0 Å². The molecule has 118 valence electrons. The van der Waals surface area contributed by atoms with Gasteiger partial charge in [-0.1, -0.05) is 18.5 Å². The molecule has 1 aromatic rings. The van der Waals surface area contributed by atoms with Crippen LogP contribution in [0.3, 0.4) is 0 Å². The summed E-state index contributed by atoms with van der Waals surface area (Å²) in [5.74, 6) is 0.294. The molecule has 0 aliphatic carbocycles. The lowest BCUT2D eigenvalue weighted by Crippen LogP contribution is -2.42. The van der Waals surface area contributed by atoms with Crippen molar-refractivity contribution in [1.82, 2.24) is 10.0 Å². The van der Waals surface area contributed by atoms with Crippen LogP contribution in [0.2, 0.25) is 5.02 Å². The normalized spacial score (nSPS) is 18.4. The Bertz CT molecular complexity index is 598. The van der Waals surface area contributed by atoms with Crippen LogP contribution in [0.5, 0.6) is 5.75 Å². The Balaban J connectivity index is 2.17. The Kier molecular flexibility index (Phi) is 5.14. The second-order valence-electron chi connectivity index (χ2n) is 5.68. The number of halogens is 1. The van der Waals surface area contributed by atoms with Crippen LogP contribution < -0.4 is 14.8 Å². The lowest BCUT2D eigenvalue weighted by atomic mass is 9.81. The molecule has 0 saturated carbocycles. The zero-order valence-electron chi connectivity index (χ0n) is 12.3. The standard InChI is InChI=1S/C14H21ClN2O3S/c1-14(5-7-16-8-6-14)10-17-21(18,19)13-9-11(15)3-4-12(13)20-2/h3-4,9,16-17H,5-8,10H2,1-2H3. The molecule has 2 N–H and O–H groups in total. The number of benzene rings is 1. The van der Waals surface area contributed by atoms with Crippen LogP contribution >= 0.6 is 11.6 Å². The molecule has 2 rings (SSSR count). The molecule has 0 bridgehead atoms. The summed E-state index contributed by atoms with van der Waals surface area (Å²) in [7, 11) is -2.20. The van der Waals surface area contributed by atoms with E-state index in [2.05, 4.69) is 17.0 Å². The Hall–Kier alpha value is -0.820. The van der Waals surface area contributed by atoms with Gasteiger partial charge in [0, 0.05) is 11.6 Å². The maximum Gasteiger partial charge on any atom is 0.244 e. The van der Waals surface area contributed by atoms with E-state index in [4.69, 9.17) is 16.3 Å². The van der Waals surface area contributed by atoms with Gasteiger partial charge in [-0.2, -0.15) is 0 Å². The van der Waals surface area contributed by atoms with Crippen molar-refractivity contribution in [3.05, 3.63) is 23.2 Å². The fourth-order valence-corrected chi connectivity index (χ4v) is 4.04. The highest BCUT2D eigenvalue weighted by molar-refractivity contribution is 7.89. The van der Waals surface area contributed by atoms with E-state index in [1.807, 2.05) is 0 Å². The number of hydrogen-bond donors (Lipinski definition) is 2. The van der Waals surface area contributed by atoms with Crippen molar-refractivity contribution >= 4 is 21.6 Å². The minimum absolute atomic E-state index is 0.0237. The molecule has 0 amide bonds. The molecule has 1 heterocycles. The Morgan fingerprint density at radius 2 is 2.05 bits per heavy atom. The molecule has 0 unspecified atom stereocenters. The van der Waals surface area contributed by atoms with Gasteiger partial charge in [0.05, 0.1) is 7.11 Å². The molecule has 1 aliphatic heterocycles. The topological polar surface area (TPSA) is 67.4 Å². The zero-order chi connectivity index (χ0) is 15.5. The van der Waals surface area contributed by atoms with Gasteiger partial charge >= 0.3 is 0 Å². The molecule has 0 radical (unpaired) electrons. The summed E-state index contributed by atoms with van der Waals surface area (Å²) < 4.78 is 32.8. The van der Waals surface area contributed by atoms with Gasteiger partial charge in [-0.3, -0.25) is 0 Å². The summed E-state index contributed by atoms with van der Waals surface area (Å²) in [6, 6.07) is 4.57. The minimum Gasteiger partial charge on any atom is -0.495 e. The first kappa shape index (κ1) is 16.5. The predicted octanol–water partition coefficient (Wildman–Crippen LogP) is 2.02. The number of ether oxygens (including phenoxy) is 1. The van der Waals surface area contributed by atoms with Crippen molar-refractivity contribution in [3.63, 3.8) is 0 Å². The molecule has 1 saturated heterocycles. The summed E-state index contributed by atoms with van der Waals surface area (Å²) in [6.07, 6.45) is 1.89. The Morgan fingerprint density at radius 1 is 1.38 bits per heavy atom. The first-order chi connectivity index (χ1) is 9.86. The second-order valence-corrected chi connectivity index (χ2v) is 7.85. The number of methoxy groups -OCH3 is 1. The molecule has 1 fully saturated rings. The van der Waals surface area contributed by atoms with Crippen LogP contribution in [0, 0.1) is 5.41 Å². The first-order valence-electron chi connectivity index (χ1n) is 6.90. The van der Waals surface area contributed by atoms with Gasteiger partial charge in [0.1, 0.15) is 10.6 Å². The van der Waals surface area contributed by atoms with Crippen LogP contribution in [0.4, 0.5) is 0 Å². The van der Waals surface area contributed by atoms with Gasteiger partial charge in [0.15, 0.2) is 0 Å². The molecule has 7 heteroatoms.